The van der Waals surface area contributed by atoms with E-state index in [1.54, 1.807) is 6.07 Å². The Bertz CT molecular complexity index is 1120. The van der Waals surface area contributed by atoms with E-state index in [9.17, 15) is 14.4 Å². The topological polar surface area (TPSA) is 129 Å². The maximum absolute atomic E-state index is 12.4. The average Bonchev–Trinajstić information content (AvgIpc) is 3.20. The third-order valence-electron chi connectivity index (χ3n) is 4.03. The average molecular weight is 388 g/mol. The molecule has 0 fully saturated rings. The fraction of sp³-hybridized carbons (Fsp3) is 0.389. The Labute approximate surface area is 159 Å². The summed E-state index contributed by atoms with van der Waals surface area (Å²) in [5.74, 6) is -1.14. The minimum absolute atomic E-state index is 0.0120. The first-order valence-corrected chi connectivity index (χ1v) is 8.47. The molecule has 0 aliphatic rings. The summed E-state index contributed by atoms with van der Waals surface area (Å²) in [5.41, 5.74) is -0.0308. The summed E-state index contributed by atoms with van der Waals surface area (Å²) < 4.78 is 16.6. The number of nitrogens with one attached hydrogen (secondary N) is 1. The van der Waals surface area contributed by atoms with Gasteiger partial charge in [-0.15, -0.1) is 0 Å². The second-order valence-electron chi connectivity index (χ2n) is 7.32. The molecule has 3 aromatic heterocycles. The fourth-order valence-electron chi connectivity index (χ4n) is 2.50. The van der Waals surface area contributed by atoms with Gasteiger partial charge in [0.1, 0.15) is 23.0 Å². The van der Waals surface area contributed by atoms with Crippen LogP contribution in [-0.2, 0) is 22.0 Å². The van der Waals surface area contributed by atoms with Gasteiger partial charge in [0.25, 0.3) is 11.5 Å². The minimum atomic E-state index is -0.857. The second kappa shape index (κ2) is 6.95. The molecule has 1 N–H and O–H groups in total. The molecule has 0 spiro atoms. The number of amides is 1. The Morgan fingerprint density at radius 3 is 2.68 bits per heavy atom. The van der Waals surface area contributed by atoms with Crippen molar-refractivity contribution in [1.82, 2.24) is 14.7 Å². The summed E-state index contributed by atoms with van der Waals surface area (Å²) in [4.78, 5) is 40.7. The Balaban J connectivity index is 1.71. The van der Waals surface area contributed by atoms with E-state index in [4.69, 9.17) is 13.7 Å². The van der Waals surface area contributed by atoms with Crippen molar-refractivity contribution in [3.63, 3.8) is 0 Å². The third-order valence-corrected chi connectivity index (χ3v) is 4.03. The number of aryl methyl sites for hydroxylation is 2. The molecule has 0 aliphatic carbocycles. The van der Waals surface area contributed by atoms with Crippen molar-refractivity contribution in [3.05, 3.63) is 39.8 Å². The molecule has 10 nitrogen and oxygen atoms in total. The van der Waals surface area contributed by atoms with Crippen LogP contribution >= 0.6 is 0 Å². The van der Waals surface area contributed by atoms with Crippen molar-refractivity contribution in [1.29, 1.82) is 0 Å². The molecule has 0 saturated heterocycles. The van der Waals surface area contributed by atoms with E-state index in [1.165, 1.54) is 24.9 Å². The van der Waals surface area contributed by atoms with Crippen LogP contribution in [0.2, 0.25) is 0 Å². The molecule has 0 unspecified atom stereocenters. The quantitative estimate of drug-likeness (QED) is 0.671. The van der Waals surface area contributed by atoms with Gasteiger partial charge in [-0.2, -0.15) is 0 Å². The number of aromatic nitrogens is 3. The molecule has 0 aromatic carbocycles. The van der Waals surface area contributed by atoms with Crippen LogP contribution in [0.5, 0.6) is 0 Å². The number of rotatable bonds is 4. The third kappa shape index (κ3) is 3.66. The Hall–Kier alpha value is -3.43. The number of hydrogen-bond acceptors (Lipinski definition) is 8. The van der Waals surface area contributed by atoms with Crippen LogP contribution in [0.15, 0.2) is 26.1 Å². The van der Waals surface area contributed by atoms with Gasteiger partial charge in [-0.3, -0.25) is 14.9 Å². The van der Waals surface area contributed by atoms with Gasteiger partial charge in [-0.1, -0.05) is 25.9 Å². The lowest BCUT2D eigenvalue weighted by molar-refractivity contribution is -0.119. The van der Waals surface area contributed by atoms with E-state index in [0.717, 1.165) is 0 Å². The summed E-state index contributed by atoms with van der Waals surface area (Å²) in [7, 11) is 1.50. The first-order chi connectivity index (χ1) is 13.1. The maximum Gasteiger partial charge on any atom is 0.343 e. The van der Waals surface area contributed by atoms with Crippen molar-refractivity contribution in [3.8, 4) is 0 Å². The smallest absolute Gasteiger partial charge is 0.343 e. The molecule has 0 saturated carbocycles. The highest BCUT2D eigenvalue weighted by Crippen LogP contribution is 2.24. The van der Waals surface area contributed by atoms with E-state index in [0.29, 0.717) is 5.69 Å². The van der Waals surface area contributed by atoms with Crippen LogP contribution in [-0.4, -0.2) is 33.2 Å². The van der Waals surface area contributed by atoms with Crippen LogP contribution in [0.25, 0.3) is 11.1 Å². The number of carbonyl (C=O) groups excluding carboxylic acids is 2. The van der Waals surface area contributed by atoms with Gasteiger partial charge in [-0.05, 0) is 6.92 Å². The highest BCUT2D eigenvalue weighted by Gasteiger charge is 2.25. The van der Waals surface area contributed by atoms with Crippen LogP contribution < -0.4 is 10.9 Å². The zero-order valence-corrected chi connectivity index (χ0v) is 16.2. The van der Waals surface area contributed by atoms with Crippen LogP contribution in [0.1, 0.15) is 42.6 Å². The molecule has 148 valence electrons. The predicted molar refractivity (Wildman–Crippen MR) is 98.1 cm³/mol. The fourth-order valence-corrected chi connectivity index (χ4v) is 2.50. The number of carbonyl (C=O) groups is 2. The highest BCUT2D eigenvalue weighted by molar-refractivity contribution is 6.04. The van der Waals surface area contributed by atoms with Crippen LogP contribution in [0.3, 0.4) is 0 Å². The van der Waals surface area contributed by atoms with Crippen molar-refractivity contribution in [2.24, 2.45) is 7.05 Å². The summed E-state index contributed by atoms with van der Waals surface area (Å²) in [5, 5.41) is 6.36. The van der Waals surface area contributed by atoms with E-state index in [1.807, 2.05) is 20.8 Å². The molecule has 1 amide bonds. The lowest BCUT2D eigenvalue weighted by Gasteiger charge is -2.12. The minimum Gasteiger partial charge on any atom is -0.452 e. The lowest BCUT2D eigenvalue weighted by Crippen LogP contribution is -2.22. The van der Waals surface area contributed by atoms with Crippen molar-refractivity contribution < 1.29 is 23.3 Å². The number of furan rings is 1. The molecule has 28 heavy (non-hydrogen) atoms. The highest BCUT2D eigenvalue weighted by atomic mass is 16.5. The van der Waals surface area contributed by atoms with Gasteiger partial charge in [0.15, 0.2) is 6.61 Å². The lowest BCUT2D eigenvalue weighted by atomic mass is 9.92. The Morgan fingerprint density at radius 2 is 2.04 bits per heavy atom. The summed E-state index contributed by atoms with van der Waals surface area (Å²) >= 11 is 0. The predicted octanol–water partition coefficient (Wildman–Crippen LogP) is 1.92. The van der Waals surface area contributed by atoms with Crippen molar-refractivity contribution in [2.45, 2.75) is 33.1 Å². The molecule has 0 aliphatic heterocycles. The summed E-state index contributed by atoms with van der Waals surface area (Å²) in [6, 6.07) is 1.60. The van der Waals surface area contributed by atoms with Gasteiger partial charge in [0.2, 0.25) is 11.6 Å². The first kappa shape index (κ1) is 19.3. The van der Waals surface area contributed by atoms with E-state index in [-0.39, 0.29) is 33.7 Å². The Morgan fingerprint density at radius 1 is 1.32 bits per heavy atom. The monoisotopic (exact) mass is 388 g/mol. The second-order valence-corrected chi connectivity index (χ2v) is 7.32. The number of esters is 1. The normalized spacial score (nSPS) is 11.6. The zero-order valence-electron chi connectivity index (χ0n) is 16.2. The zero-order chi connectivity index (χ0) is 20.6. The molecule has 0 bridgehead atoms. The van der Waals surface area contributed by atoms with Gasteiger partial charge in [0.05, 0.1) is 5.69 Å². The van der Waals surface area contributed by atoms with Crippen LogP contribution in [0.4, 0.5) is 5.88 Å². The molecule has 10 heteroatoms. The van der Waals surface area contributed by atoms with Gasteiger partial charge >= 0.3 is 5.97 Å². The van der Waals surface area contributed by atoms with Crippen molar-refractivity contribution in [2.75, 3.05) is 11.9 Å². The SMILES string of the molecule is Cc1oc2ncn(C)c(=O)c2c1C(=O)OCC(=O)Nc1cc(C(C)(C)C)no1. The molecule has 0 atom stereocenters. The molecule has 3 aromatic rings. The van der Waals surface area contributed by atoms with E-state index in [2.05, 4.69) is 15.5 Å². The van der Waals surface area contributed by atoms with Gasteiger partial charge < -0.3 is 18.2 Å². The van der Waals surface area contributed by atoms with Gasteiger partial charge in [0, 0.05) is 18.5 Å². The molecule has 3 rings (SSSR count). The number of ether oxygens (including phenoxy) is 1. The standard InChI is InChI=1S/C18H20N4O6/c1-9-13(14-15(27-9)19-8-22(5)16(14)24)17(25)26-7-11(23)20-12-6-10(21-28-12)18(2,3)4/h6,8H,7H2,1-5H3,(H,20,23). The summed E-state index contributed by atoms with van der Waals surface area (Å²) in [6.07, 6.45) is 1.29. The van der Waals surface area contributed by atoms with E-state index >= 15 is 0 Å². The number of hydrogen-bond donors (Lipinski definition) is 1. The molecular formula is C18H20N4O6. The Kier molecular flexibility index (Phi) is 4.80. The molecule has 3 heterocycles. The molecule has 0 radical (unpaired) electrons. The number of anilines is 1. The van der Waals surface area contributed by atoms with Crippen molar-refractivity contribution >= 4 is 28.9 Å². The first-order valence-electron chi connectivity index (χ1n) is 8.47. The maximum atomic E-state index is 12.4. The largest absolute Gasteiger partial charge is 0.452 e. The van der Waals surface area contributed by atoms with Crippen LogP contribution in [0, 0.1) is 6.92 Å². The van der Waals surface area contributed by atoms with Gasteiger partial charge in [-0.25, -0.2) is 9.78 Å². The summed E-state index contributed by atoms with van der Waals surface area (Å²) in [6.45, 7) is 6.80. The van der Waals surface area contributed by atoms with E-state index < -0.39 is 24.0 Å². The number of fused-ring (bicyclic) bond motifs is 1. The molecular weight excluding hydrogens is 368 g/mol. The number of nitrogens with zero attached hydrogens (tertiary/aromatic N) is 3.